The number of aryl methyl sites for hydroxylation is 1. The van der Waals surface area contributed by atoms with Crippen molar-refractivity contribution in [1.29, 1.82) is 0 Å². The second kappa shape index (κ2) is 3.27. The fourth-order valence-electron chi connectivity index (χ4n) is 1.27. The van der Waals surface area contributed by atoms with E-state index in [1.54, 1.807) is 6.26 Å². The van der Waals surface area contributed by atoms with Gasteiger partial charge in [-0.3, -0.25) is 0 Å². The summed E-state index contributed by atoms with van der Waals surface area (Å²) >= 11 is 6.12. The predicted octanol–water partition coefficient (Wildman–Crippen LogP) is 3.91. The van der Waals surface area contributed by atoms with Crippen molar-refractivity contribution in [2.75, 3.05) is 0 Å². The topological polar surface area (TPSA) is 13.1 Å². The van der Waals surface area contributed by atoms with E-state index in [4.69, 9.17) is 16.0 Å². The Bertz CT molecular complexity index is 404. The fraction of sp³-hybridized carbons (Fsp3) is 0.0909. The number of halogens is 1. The molecule has 2 aromatic rings. The summed E-state index contributed by atoms with van der Waals surface area (Å²) in [6, 6.07) is 9.66. The molecule has 66 valence electrons. The Balaban J connectivity index is 2.59. The number of benzene rings is 1. The minimum Gasteiger partial charge on any atom is -0.464 e. The highest BCUT2D eigenvalue weighted by Gasteiger charge is 2.06. The molecule has 0 unspecified atom stereocenters. The van der Waals surface area contributed by atoms with E-state index in [-0.39, 0.29) is 0 Å². The molecule has 2 heteroatoms. The highest BCUT2D eigenvalue weighted by molar-refractivity contribution is 6.33. The van der Waals surface area contributed by atoms with Gasteiger partial charge < -0.3 is 4.42 Å². The fourth-order valence-corrected chi connectivity index (χ4v) is 1.49. The lowest BCUT2D eigenvalue weighted by molar-refractivity contribution is 0.582. The summed E-state index contributed by atoms with van der Waals surface area (Å²) in [5.74, 6) is 0.814. The van der Waals surface area contributed by atoms with Crippen LogP contribution < -0.4 is 0 Å². The largest absolute Gasteiger partial charge is 0.464 e. The molecule has 0 fully saturated rings. The van der Waals surface area contributed by atoms with Crippen LogP contribution in [0.4, 0.5) is 0 Å². The molecule has 2 rings (SSSR count). The van der Waals surface area contributed by atoms with Crippen LogP contribution in [-0.4, -0.2) is 0 Å². The lowest BCUT2D eigenvalue weighted by Gasteiger charge is -2.02. The normalized spacial score (nSPS) is 10.3. The second-order valence-electron chi connectivity index (χ2n) is 2.91. The SMILES string of the molecule is Cc1cccc(-c2ccco2)c1Cl. The van der Waals surface area contributed by atoms with E-state index >= 15 is 0 Å². The number of furan rings is 1. The monoisotopic (exact) mass is 192 g/mol. The molecular formula is C11H9ClO. The minimum absolute atomic E-state index is 0.762. The van der Waals surface area contributed by atoms with Crippen LogP contribution in [0.15, 0.2) is 41.0 Å². The van der Waals surface area contributed by atoms with E-state index in [1.165, 1.54) is 0 Å². The van der Waals surface area contributed by atoms with Gasteiger partial charge in [-0.05, 0) is 30.7 Å². The molecular weight excluding hydrogens is 184 g/mol. The number of rotatable bonds is 1. The van der Waals surface area contributed by atoms with Crippen molar-refractivity contribution in [3.05, 3.63) is 47.2 Å². The van der Waals surface area contributed by atoms with E-state index < -0.39 is 0 Å². The zero-order valence-corrected chi connectivity index (χ0v) is 8.01. The third-order valence-electron chi connectivity index (χ3n) is 1.98. The molecule has 0 spiro atoms. The van der Waals surface area contributed by atoms with Gasteiger partial charge in [-0.15, -0.1) is 0 Å². The van der Waals surface area contributed by atoms with E-state index in [1.807, 2.05) is 37.3 Å². The van der Waals surface area contributed by atoms with Crippen LogP contribution in [0.3, 0.4) is 0 Å². The van der Waals surface area contributed by atoms with Crippen LogP contribution in [0.2, 0.25) is 5.02 Å². The third-order valence-corrected chi connectivity index (χ3v) is 2.48. The van der Waals surface area contributed by atoms with Crippen LogP contribution in [0.5, 0.6) is 0 Å². The van der Waals surface area contributed by atoms with Crippen LogP contribution in [0.1, 0.15) is 5.56 Å². The molecule has 0 aliphatic carbocycles. The Labute approximate surface area is 82.0 Å². The Morgan fingerprint density at radius 3 is 2.69 bits per heavy atom. The highest BCUT2D eigenvalue weighted by Crippen LogP contribution is 2.30. The van der Waals surface area contributed by atoms with Crippen molar-refractivity contribution < 1.29 is 4.42 Å². The standard InChI is InChI=1S/C11H9ClO/c1-8-4-2-5-9(11(8)12)10-6-3-7-13-10/h2-7H,1H3. The summed E-state index contributed by atoms with van der Waals surface area (Å²) in [5.41, 5.74) is 2.02. The molecule has 0 saturated heterocycles. The zero-order chi connectivity index (χ0) is 9.26. The molecule has 1 aromatic carbocycles. The Hall–Kier alpha value is -1.21. The van der Waals surface area contributed by atoms with Crippen LogP contribution in [0, 0.1) is 6.92 Å². The van der Waals surface area contributed by atoms with Crippen LogP contribution in [-0.2, 0) is 0 Å². The van der Waals surface area contributed by atoms with Gasteiger partial charge in [-0.1, -0.05) is 23.7 Å². The Kier molecular flexibility index (Phi) is 2.11. The quantitative estimate of drug-likeness (QED) is 0.668. The lowest BCUT2D eigenvalue weighted by atomic mass is 10.1. The van der Waals surface area contributed by atoms with E-state index in [2.05, 4.69) is 0 Å². The molecule has 0 amide bonds. The molecule has 0 bridgehead atoms. The Morgan fingerprint density at radius 1 is 1.15 bits per heavy atom. The van der Waals surface area contributed by atoms with Crippen molar-refractivity contribution in [2.24, 2.45) is 0 Å². The lowest BCUT2D eigenvalue weighted by Crippen LogP contribution is -1.79. The van der Waals surface area contributed by atoms with Gasteiger partial charge in [0.25, 0.3) is 0 Å². The molecule has 0 aliphatic heterocycles. The molecule has 13 heavy (non-hydrogen) atoms. The molecule has 0 N–H and O–H groups in total. The van der Waals surface area contributed by atoms with E-state index in [0.29, 0.717) is 0 Å². The molecule has 0 radical (unpaired) electrons. The maximum absolute atomic E-state index is 6.12. The summed E-state index contributed by atoms with van der Waals surface area (Å²) in [4.78, 5) is 0. The van der Waals surface area contributed by atoms with Gasteiger partial charge in [-0.2, -0.15) is 0 Å². The van der Waals surface area contributed by atoms with Crippen LogP contribution in [0.25, 0.3) is 11.3 Å². The van der Waals surface area contributed by atoms with E-state index in [0.717, 1.165) is 21.9 Å². The highest BCUT2D eigenvalue weighted by atomic mass is 35.5. The minimum atomic E-state index is 0.762. The molecule has 1 aromatic heterocycles. The molecule has 1 heterocycles. The van der Waals surface area contributed by atoms with Crippen molar-refractivity contribution >= 4 is 11.6 Å². The maximum Gasteiger partial charge on any atom is 0.135 e. The number of hydrogen-bond acceptors (Lipinski definition) is 1. The van der Waals surface area contributed by atoms with Gasteiger partial charge in [0, 0.05) is 5.56 Å². The summed E-state index contributed by atoms with van der Waals surface area (Å²) in [6.45, 7) is 1.98. The molecule has 0 aliphatic rings. The summed E-state index contributed by atoms with van der Waals surface area (Å²) in [7, 11) is 0. The first-order valence-corrected chi connectivity index (χ1v) is 4.46. The van der Waals surface area contributed by atoms with Crippen LogP contribution >= 0.6 is 11.6 Å². The predicted molar refractivity (Wildman–Crippen MR) is 53.9 cm³/mol. The van der Waals surface area contributed by atoms with Gasteiger partial charge >= 0.3 is 0 Å². The second-order valence-corrected chi connectivity index (χ2v) is 3.29. The average Bonchev–Trinajstić information content (AvgIpc) is 2.62. The van der Waals surface area contributed by atoms with Gasteiger partial charge in [0.2, 0.25) is 0 Å². The molecule has 0 saturated carbocycles. The molecule has 1 nitrogen and oxygen atoms in total. The van der Waals surface area contributed by atoms with Crippen molar-refractivity contribution in [1.82, 2.24) is 0 Å². The first kappa shape index (κ1) is 8.39. The third kappa shape index (κ3) is 1.47. The first-order chi connectivity index (χ1) is 6.29. The summed E-state index contributed by atoms with van der Waals surface area (Å²) < 4.78 is 5.27. The van der Waals surface area contributed by atoms with E-state index in [9.17, 15) is 0 Å². The number of hydrogen-bond donors (Lipinski definition) is 0. The summed E-state index contributed by atoms with van der Waals surface area (Å²) in [5, 5.41) is 0.762. The van der Waals surface area contributed by atoms with Gasteiger partial charge in [0.15, 0.2) is 0 Å². The van der Waals surface area contributed by atoms with Gasteiger partial charge in [0.1, 0.15) is 5.76 Å². The van der Waals surface area contributed by atoms with Crippen molar-refractivity contribution in [3.8, 4) is 11.3 Å². The zero-order valence-electron chi connectivity index (χ0n) is 7.25. The average molecular weight is 193 g/mol. The first-order valence-electron chi connectivity index (χ1n) is 4.08. The van der Waals surface area contributed by atoms with Crippen molar-refractivity contribution in [2.45, 2.75) is 6.92 Å². The summed E-state index contributed by atoms with van der Waals surface area (Å²) in [6.07, 6.45) is 1.65. The van der Waals surface area contributed by atoms with Gasteiger partial charge in [-0.25, -0.2) is 0 Å². The maximum atomic E-state index is 6.12. The van der Waals surface area contributed by atoms with Crippen molar-refractivity contribution in [3.63, 3.8) is 0 Å². The Morgan fingerprint density at radius 2 is 2.00 bits per heavy atom. The molecule has 0 atom stereocenters. The smallest absolute Gasteiger partial charge is 0.135 e. The van der Waals surface area contributed by atoms with Gasteiger partial charge in [0.05, 0.1) is 11.3 Å².